The molecule has 0 aliphatic rings. The van der Waals surface area contributed by atoms with Gasteiger partial charge in [-0.1, -0.05) is 31.5 Å². The van der Waals surface area contributed by atoms with Gasteiger partial charge in [-0.25, -0.2) is 0 Å². The van der Waals surface area contributed by atoms with Crippen LogP contribution in [0.1, 0.15) is 31.4 Å². The number of alkyl halides is 3. The molecule has 0 heterocycles. The van der Waals surface area contributed by atoms with Gasteiger partial charge < -0.3 is 5.11 Å². The molecule has 100 valence electrons. The fraction of sp³-hybridized carbons (Fsp3) is 0.417. The van der Waals surface area contributed by atoms with Crippen molar-refractivity contribution in [1.82, 2.24) is 0 Å². The molecule has 0 aliphatic carbocycles. The van der Waals surface area contributed by atoms with E-state index in [-0.39, 0.29) is 10.6 Å². The van der Waals surface area contributed by atoms with Gasteiger partial charge in [-0.15, -0.1) is 0 Å². The summed E-state index contributed by atoms with van der Waals surface area (Å²) in [6.45, 7) is 2.92. The van der Waals surface area contributed by atoms with E-state index in [0.717, 1.165) is 6.07 Å². The summed E-state index contributed by atoms with van der Waals surface area (Å²) in [7, 11) is 0. The topological polar surface area (TPSA) is 37.3 Å². The van der Waals surface area contributed by atoms with Crippen LogP contribution in [0.5, 0.6) is 0 Å². The van der Waals surface area contributed by atoms with Crippen LogP contribution in [0, 0.1) is 0 Å². The Hall–Kier alpha value is -1.23. The molecule has 18 heavy (non-hydrogen) atoms. The van der Waals surface area contributed by atoms with Gasteiger partial charge in [0.15, 0.2) is 0 Å². The standard InChI is InChI=1S/C12H12ClF3O2/c1-11(2,6-10(17)18)8-4-3-7(13)5-9(8)12(14,15)16/h3-5H,6H2,1-2H3,(H,17,18). The molecule has 0 unspecified atom stereocenters. The highest BCUT2D eigenvalue weighted by Gasteiger charge is 2.38. The average molecular weight is 281 g/mol. The predicted octanol–water partition coefficient (Wildman–Crippen LogP) is 4.11. The second-order valence-electron chi connectivity index (χ2n) is 4.64. The van der Waals surface area contributed by atoms with Gasteiger partial charge in [-0.05, 0) is 17.7 Å². The molecule has 1 aromatic carbocycles. The van der Waals surface area contributed by atoms with Crippen LogP contribution in [-0.2, 0) is 16.4 Å². The summed E-state index contributed by atoms with van der Waals surface area (Å²) >= 11 is 5.56. The minimum Gasteiger partial charge on any atom is -0.481 e. The van der Waals surface area contributed by atoms with Crippen LogP contribution in [-0.4, -0.2) is 11.1 Å². The molecular weight excluding hydrogens is 269 g/mol. The number of carboxylic acid groups (broad SMARTS) is 1. The van der Waals surface area contributed by atoms with Gasteiger partial charge in [-0.2, -0.15) is 13.2 Å². The van der Waals surface area contributed by atoms with Crippen molar-refractivity contribution in [3.05, 3.63) is 34.3 Å². The molecule has 1 aromatic rings. The van der Waals surface area contributed by atoms with E-state index in [9.17, 15) is 18.0 Å². The maximum atomic E-state index is 12.9. The summed E-state index contributed by atoms with van der Waals surface area (Å²) in [6.07, 6.45) is -4.95. The van der Waals surface area contributed by atoms with E-state index in [1.807, 2.05) is 0 Å². The van der Waals surface area contributed by atoms with E-state index < -0.39 is 29.5 Å². The van der Waals surface area contributed by atoms with Crippen molar-refractivity contribution in [3.8, 4) is 0 Å². The molecule has 2 nitrogen and oxygen atoms in total. The molecule has 0 amide bonds. The lowest BCUT2D eigenvalue weighted by Crippen LogP contribution is -2.25. The van der Waals surface area contributed by atoms with E-state index in [4.69, 9.17) is 16.7 Å². The number of aliphatic carboxylic acids is 1. The van der Waals surface area contributed by atoms with Crippen molar-refractivity contribution in [2.24, 2.45) is 0 Å². The fourth-order valence-corrected chi connectivity index (χ4v) is 1.99. The Morgan fingerprint density at radius 2 is 1.83 bits per heavy atom. The number of halogens is 4. The molecule has 0 saturated heterocycles. The minimum absolute atomic E-state index is 0.0304. The maximum Gasteiger partial charge on any atom is 0.416 e. The smallest absolute Gasteiger partial charge is 0.416 e. The Labute approximate surface area is 107 Å². The van der Waals surface area contributed by atoms with Gasteiger partial charge in [0, 0.05) is 10.4 Å². The minimum atomic E-state index is -4.56. The number of carbonyl (C=O) groups is 1. The first-order chi connectivity index (χ1) is 8.04. The second kappa shape index (κ2) is 4.80. The van der Waals surface area contributed by atoms with Gasteiger partial charge in [0.05, 0.1) is 12.0 Å². The molecular formula is C12H12ClF3O2. The summed E-state index contributed by atoms with van der Waals surface area (Å²) in [5, 5.41) is 8.72. The Morgan fingerprint density at radius 1 is 1.28 bits per heavy atom. The van der Waals surface area contributed by atoms with Crippen LogP contribution in [0.25, 0.3) is 0 Å². The van der Waals surface area contributed by atoms with E-state index in [1.165, 1.54) is 26.0 Å². The quantitative estimate of drug-likeness (QED) is 0.904. The molecule has 0 spiro atoms. The largest absolute Gasteiger partial charge is 0.481 e. The van der Waals surface area contributed by atoms with Crippen molar-refractivity contribution in [2.75, 3.05) is 0 Å². The van der Waals surface area contributed by atoms with Crippen molar-refractivity contribution in [3.63, 3.8) is 0 Å². The number of rotatable bonds is 3. The molecule has 1 rings (SSSR count). The Kier molecular flexibility index (Phi) is 3.96. The van der Waals surface area contributed by atoms with Gasteiger partial charge in [0.25, 0.3) is 0 Å². The first kappa shape index (κ1) is 14.8. The van der Waals surface area contributed by atoms with Gasteiger partial charge in [-0.3, -0.25) is 4.79 Å². The van der Waals surface area contributed by atoms with Gasteiger partial charge in [0.1, 0.15) is 0 Å². The Balaban J connectivity index is 3.36. The average Bonchev–Trinajstić information content (AvgIpc) is 2.13. The molecule has 0 aromatic heterocycles. The second-order valence-corrected chi connectivity index (χ2v) is 5.08. The summed E-state index contributed by atoms with van der Waals surface area (Å²) in [4.78, 5) is 10.7. The van der Waals surface area contributed by atoms with Crippen LogP contribution in [0.3, 0.4) is 0 Å². The van der Waals surface area contributed by atoms with Crippen LogP contribution in [0.15, 0.2) is 18.2 Å². The fourth-order valence-electron chi connectivity index (χ4n) is 1.81. The SMILES string of the molecule is CC(C)(CC(=O)O)c1ccc(Cl)cc1C(F)(F)F. The zero-order valence-electron chi connectivity index (χ0n) is 9.81. The molecule has 1 N–H and O–H groups in total. The highest BCUT2D eigenvalue weighted by atomic mass is 35.5. The molecule has 0 fully saturated rings. The molecule has 0 radical (unpaired) electrons. The third-order valence-corrected chi connectivity index (χ3v) is 2.84. The normalized spacial score (nSPS) is 12.6. The third-order valence-electron chi connectivity index (χ3n) is 2.61. The highest BCUT2D eigenvalue weighted by molar-refractivity contribution is 6.30. The lowest BCUT2D eigenvalue weighted by atomic mass is 9.79. The van der Waals surface area contributed by atoms with Crippen LogP contribution in [0.2, 0.25) is 5.02 Å². The lowest BCUT2D eigenvalue weighted by Gasteiger charge is -2.27. The molecule has 0 atom stereocenters. The van der Waals surface area contributed by atoms with E-state index in [0.29, 0.717) is 0 Å². The molecule has 0 aliphatic heterocycles. The summed E-state index contributed by atoms with van der Waals surface area (Å²) < 4.78 is 38.7. The zero-order valence-corrected chi connectivity index (χ0v) is 10.6. The van der Waals surface area contributed by atoms with Crippen molar-refractivity contribution in [2.45, 2.75) is 31.9 Å². The van der Waals surface area contributed by atoms with Crippen molar-refractivity contribution < 1.29 is 23.1 Å². The van der Waals surface area contributed by atoms with Crippen molar-refractivity contribution in [1.29, 1.82) is 0 Å². The van der Waals surface area contributed by atoms with Crippen molar-refractivity contribution >= 4 is 17.6 Å². The number of hydrogen-bond acceptors (Lipinski definition) is 1. The first-order valence-corrected chi connectivity index (χ1v) is 5.51. The van der Waals surface area contributed by atoms with Crippen LogP contribution < -0.4 is 0 Å². The Morgan fingerprint density at radius 3 is 2.28 bits per heavy atom. The number of benzene rings is 1. The predicted molar refractivity (Wildman–Crippen MR) is 61.7 cm³/mol. The third kappa shape index (κ3) is 3.38. The number of hydrogen-bond donors (Lipinski definition) is 1. The summed E-state index contributed by atoms with van der Waals surface area (Å²) in [5.74, 6) is -1.15. The number of carboxylic acids is 1. The highest BCUT2D eigenvalue weighted by Crippen LogP contribution is 2.40. The molecule has 0 saturated carbocycles. The van der Waals surface area contributed by atoms with Gasteiger partial charge in [0.2, 0.25) is 0 Å². The van der Waals surface area contributed by atoms with E-state index >= 15 is 0 Å². The Bertz CT molecular complexity index is 467. The lowest BCUT2D eigenvalue weighted by molar-refractivity contribution is -0.141. The van der Waals surface area contributed by atoms with E-state index in [2.05, 4.69) is 0 Å². The maximum absolute atomic E-state index is 12.9. The molecule has 0 bridgehead atoms. The van der Waals surface area contributed by atoms with Crippen LogP contribution in [0.4, 0.5) is 13.2 Å². The molecule has 6 heteroatoms. The first-order valence-electron chi connectivity index (χ1n) is 5.13. The van der Waals surface area contributed by atoms with Gasteiger partial charge >= 0.3 is 12.1 Å². The zero-order chi connectivity index (χ0) is 14.1. The van der Waals surface area contributed by atoms with E-state index in [1.54, 1.807) is 0 Å². The summed E-state index contributed by atoms with van der Waals surface area (Å²) in [5.41, 5.74) is -2.08. The monoisotopic (exact) mass is 280 g/mol. The summed E-state index contributed by atoms with van der Waals surface area (Å²) in [6, 6.07) is 3.38. The van der Waals surface area contributed by atoms with Crippen LogP contribution >= 0.6 is 11.6 Å².